The third-order valence-corrected chi connectivity index (χ3v) is 3.97. The third-order valence-electron chi connectivity index (χ3n) is 3.97. The number of nitrogens with zero attached hydrogens (tertiary/aromatic N) is 2. The number of hydrogen-bond donors (Lipinski definition) is 2. The molecule has 2 rings (SSSR count). The van der Waals surface area contributed by atoms with E-state index in [9.17, 15) is 5.11 Å². The molecule has 2 heterocycles. The molecule has 2 N–H and O–H groups in total. The van der Waals surface area contributed by atoms with E-state index in [1.807, 2.05) is 0 Å². The molecule has 2 aliphatic rings. The molecule has 4 nitrogen and oxygen atoms in total. The first-order chi connectivity index (χ1) is 8.15. The molecule has 3 unspecified atom stereocenters. The van der Waals surface area contributed by atoms with E-state index < -0.39 is 0 Å². The van der Waals surface area contributed by atoms with Crippen LogP contribution in [0.2, 0.25) is 0 Å². The Kier molecular flexibility index (Phi) is 4.79. The number of nitrogens with one attached hydrogen (secondary N) is 1. The highest BCUT2D eigenvalue weighted by Crippen LogP contribution is 2.22. The molecule has 0 radical (unpaired) electrons. The Morgan fingerprint density at radius 1 is 1.41 bits per heavy atom. The molecule has 0 aromatic carbocycles. The van der Waals surface area contributed by atoms with Crippen molar-refractivity contribution in [1.29, 1.82) is 0 Å². The molecule has 2 fully saturated rings. The molecule has 0 amide bonds. The molecule has 3 atom stereocenters. The van der Waals surface area contributed by atoms with Gasteiger partial charge in [-0.3, -0.25) is 4.90 Å². The lowest BCUT2D eigenvalue weighted by Gasteiger charge is -2.32. The fourth-order valence-corrected chi connectivity index (χ4v) is 3.20. The predicted octanol–water partition coefficient (Wildman–Crippen LogP) is -0.0172. The Labute approximate surface area is 105 Å². The normalized spacial score (nSPS) is 35.6. The van der Waals surface area contributed by atoms with Crippen molar-refractivity contribution in [2.45, 2.75) is 31.4 Å². The summed E-state index contributed by atoms with van der Waals surface area (Å²) in [5.41, 5.74) is 0. The number of aliphatic hydroxyl groups excluding tert-OH is 1. The van der Waals surface area contributed by atoms with Crippen molar-refractivity contribution in [2.24, 2.45) is 5.92 Å². The molecule has 0 spiro atoms. The summed E-state index contributed by atoms with van der Waals surface area (Å²) in [7, 11) is 4.23. The van der Waals surface area contributed by atoms with Gasteiger partial charge in [-0.2, -0.15) is 0 Å². The van der Waals surface area contributed by atoms with Crippen molar-refractivity contribution in [1.82, 2.24) is 15.1 Å². The summed E-state index contributed by atoms with van der Waals surface area (Å²) >= 11 is 0. The second-order valence-corrected chi connectivity index (χ2v) is 5.97. The molecule has 0 bridgehead atoms. The topological polar surface area (TPSA) is 38.7 Å². The van der Waals surface area contributed by atoms with Crippen molar-refractivity contribution in [3.8, 4) is 0 Å². The molecule has 0 aromatic heterocycles. The first kappa shape index (κ1) is 13.3. The quantitative estimate of drug-likeness (QED) is 0.726. The van der Waals surface area contributed by atoms with Gasteiger partial charge < -0.3 is 15.3 Å². The van der Waals surface area contributed by atoms with E-state index in [1.54, 1.807) is 0 Å². The molecule has 0 saturated carbocycles. The molecule has 0 aromatic rings. The highest BCUT2D eigenvalue weighted by Gasteiger charge is 2.32. The van der Waals surface area contributed by atoms with Crippen LogP contribution >= 0.6 is 0 Å². The van der Waals surface area contributed by atoms with E-state index in [0.717, 1.165) is 38.5 Å². The maximum atomic E-state index is 9.84. The Hall–Kier alpha value is -0.160. The number of hydrogen-bond acceptors (Lipinski definition) is 4. The van der Waals surface area contributed by atoms with Crippen LogP contribution in [-0.2, 0) is 0 Å². The van der Waals surface area contributed by atoms with E-state index in [-0.39, 0.29) is 6.10 Å². The summed E-state index contributed by atoms with van der Waals surface area (Å²) in [4.78, 5) is 4.73. The number of rotatable bonds is 4. The van der Waals surface area contributed by atoms with Crippen molar-refractivity contribution < 1.29 is 5.11 Å². The molecule has 2 aliphatic heterocycles. The van der Waals surface area contributed by atoms with Gasteiger partial charge in [-0.1, -0.05) is 0 Å². The van der Waals surface area contributed by atoms with Crippen LogP contribution in [0.3, 0.4) is 0 Å². The number of likely N-dealkylation sites (tertiary alicyclic amines) is 1. The van der Waals surface area contributed by atoms with Crippen molar-refractivity contribution in [3.63, 3.8) is 0 Å². The summed E-state index contributed by atoms with van der Waals surface area (Å²) in [6, 6.07) is 0.543. The lowest BCUT2D eigenvalue weighted by Crippen LogP contribution is -2.43. The van der Waals surface area contributed by atoms with Gasteiger partial charge in [0.25, 0.3) is 0 Å². The minimum Gasteiger partial charge on any atom is -0.392 e. The van der Waals surface area contributed by atoms with Gasteiger partial charge in [0.1, 0.15) is 0 Å². The molecular weight excluding hydrogens is 214 g/mol. The highest BCUT2D eigenvalue weighted by molar-refractivity contribution is 4.88. The van der Waals surface area contributed by atoms with Gasteiger partial charge in [-0.05, 0) is 52.4 Å². The van der Waals surface area contributed by atoms with Crippen LogP contribution in [0.15, 0.2) is 0 Å². The minimum absolute atomic E-state index is 0.114. The van der Waals surface area contributed by atoms with E-state index >= 15 is 0 Å². The average Bonchev–Trinajstić information content (AvgIpc) is 2.59. The van der Waals surface area contributed by atoms with E-state index in [0.29, 0.717) is 6.04 Å². The molecule has 4 heteroatoms. The van der Waals surface area contributed by atoms with Gasteiger partial charge in [-0.15, -0.1) is 0 Å². The Morgan fingerprint density at radius 3 is 2.88 bits per heavy atom. The predicted molar refractivity (Wildman–Crippen MR) is 70.1 cm³/mol. The number of β-amino-alcohol motifs (C(OH)–C–C–N with tert-alkyl or cyclic N) is 1. The summed E-state index contributed by atoms with van der Waals surface area (Å²) in [5, 5.41) is 13.3. The Balaban J connectivity index is 1.84. The average molecular weight is 241 g/mol. The van der Waals surface area contributed by atoms with Crippen LogP contribution in [0.4, 0.5) is 0 Å². The van der Waals surface area contributed by atoms with Crippen LogP contribution < -0.4 is 5.32 Å². The van der Waals surface area contributed by atoms with E-state index in [4.69, 9.17) is 0 Å². The SMILES string of the molecule is CN(C)CC1CC(O)CN1CC1CCCNC1. The highest BCUT2D eigenvalue weighted by atomic mass is 16.3. The van der Waals surface area contributed by atoms with Crippen LogP contribution in [0, 0.1) is 5.92 Å². The third kappa shape index (κ3) is 3.91. The van der Waals surface area contributed by atoms with Gasteiger partial charge in [0.2, 0.25) is 0 Å². The van der Waals surface area contributed by atoms with Crippen LogP contribution in [0.5, 0.6) is 0 Å². The molecular formula is C13H27N3O. The van der Waals surface area contributed by atoms with Gasteiger partial charge >= 0.3 is 0 Å². The summed E-state index contributed by atoms with van der Waals surface area (Å²) < 4.78 is 0. The van der Waals surface area contributed by atoms with Gasteiger partial charge in [0, 0.05) is 25.7 Å². The Bertz CT molecular complexity index is 229. The zero-order chi connectivity index (χ0) is 12.3. The van der Waals surface area contributed by atoms with E-state index in [2.05, 4.69) is 29.2 Å². The van der Waals surface area contributed by atoms with Crippen LogP contribution in [-0.4, -0.2) is 73.9 Å². The Morgan fingerprint density at radius 2 is 2.24 bits per heavy atom. The minimum atomic E-state index is -0.114. The van der Waals surface area contributed by atoms with Crippen molar-refractivity contribution in [2.75, 3.05) is 46.8 Å². The zero-order valence-corrected chi connectivity index (χ0v) is 11.2. The molecule has 100 valence electrons. The first-order valence-electron chi connectivity index (χ1n) is 6.92. The number of likely N-dealkylation sites (N-methyl/N-ethyl adjacent to an activating group) is 1. The van der Waals surface area contributed by atoms with Crippen LogP contribution in [0.25, 0.3) is 0 Å². The maximum Gasteiger partial charge on any atom is 0.0682 e. The molecule has 2 saturated heterocycles. The van der Waals surface area contributed by atoms with Gasteiger partial charge in [-0.25, -0.2) is 0 Å². The summed E-state index contributed by atoms with van der Waals surface area (Å²) in [6.07, 6.45) is 3.47. The van der Waals surface area contributed by atoms with Gasteiger partial charge in [0.15, 0.2) is 0 Å². The smallest absolute Gasteiger partial charge is 0.0682 e. The summed E-state index contributed by atoms with van der Waals surface area (Å²) in [5.74, 6) is 0.777. The first-order valence-corrected chi connectivity index (χ1v) is 6.92. The second-order valence-electron chi connectivity index (χ2n) is 5.97. The lowest BCUT2D eigenvalue weighted by atomic mass is 9.99. The summed E-state index contributed by atoms with van der Waals surface area (Å²) in [6.45, 7) is 5.43. The fraction of sp³-hybridized carbons (Fsp3) is 1.00. The molecule has 17 heavy (non-hydrogen) atoms. The van der Waals surface area contributed by atoms with Crippen molar-refractivity contribution >= 4 is 0 Å². The van der Waals surface area contributed by atoms with Crippen LogP contribution in [0.1, 0.15) is 19.3 Å². The molecule has 0 aliphatic carbocycles. The second kappa shape index (κ2) is 6.14. The number of piperidine rings is 1. The van der Waals surface area contributed by atoms with E-state index in [1.165, 1.54) is 19.4 Å². The standard InChI is InChI=1S/C13H27N3O/c1-15(2)9-12-6-13(17)10-16(12)8-11-4-3-5-14-7-11/h11-14,17H,3-10H2,1-2H3. The zero-order valence-electron chi connectivity index (χ0n) is 11.2. The van der Waals surface area contributed by atoms with Crippen molar-refractivity contribution in [3.05, 3.63) is 0 Å². The number of aliphatic hydroxyl groups is 1. The largest absolute Gasteiger partial charge is 0.392 e. The van der Waals surface area contributed by atoms with Gasteiger partial charge in [0.05, 0.1) is 6.10 Å². The lowest BCUT2D eigenvalue weighted by molar-refractivity contribution is 0.151. The monoisotopic (exact) mass is 241 g/mol. The fourth-order valence-electron chi connectivity index (χ4n) is 3.20. The maximum absolute atomic E-state index is 9.84.